The number of amides is 4. The Morgan fingerprint density at radius 1 is 0.936 bits per heavy atom. The van der Waals surface area contributed by atoms with Gasteiger partial charge in [0.15, 0.2) is 0 Å². The second-order valence-corrected chi connectivity index (χ2v) is 13.9. The first-order valence-electron chi connectivity index (χ1n) is 16.9. The first-order chi connectivity index (χ1) is 22.8. The maximum absolute atomic E-state index is 13.2. The smallest absolute Gasteiger partial charge is 0.262 e. The van der Waals surface area contributed by atoms with Gasteiger partial charge in [-0.1, -0.05) is 0 Å². The highest BCUT2D eigenvalue weighted by Crippen LogP contribution is 2.46. The van der Waals surface area contributed by atoms with Crippen molar-refractivity contribution < 1.29 is 19.2 Å². The molecule has 4 amide bonds. The fraction of sp³-hybridized carbons (Fsp3) is 0.486. The van der Waals surface area contributed by atoms with E-state index >= 15 is 0 Å². The third kappa shape index (κ3) is 5.68. The van der Waals surface area contributed by atoms with E-state index in [0.717, 1.165) is 72.8 Å². The molecule has 4 fully saturated rings. The van der Waals surface area contributed by atoms with Crippen molar-refractivity contribution >= 4 is 35.0 Å². The zero-order chi connectivity index (χ0) is 32.2. The number of pyridine rings is 1. The number of likely N-dealkylation sites (tertiary alicyclic amines) is 1. The fourth-order valence-corrected chi connectivity index (χ4v) is 7.47. The number of hydrogen-bond acceptors (Lipinski definition) is 9. The molecule has 2 aromatic heterocycles. The molecule has 1 unspecified atom stereocenters. The van der Waals surface area contributed by atoms with E-state index in [1.54, 1.807) is 18.2 Å². The van der Waals surface area contributed by atoms with E-state index in [4.69, 9.17) is 10.1 Å². The number of fused-ring (bicyclic) bond motifs is 1. The van der Waals surface area contributed by atoms with Crippen LogP contribution in [-0.4, -0.2) is 87.0 Å². The predicted octanol–water partition coefficient (Wildman–Crippen LogP) is 3.79. The Hall–Kier alpha value is -4.58. The van der Waals surface area contributed by atoms with Crippen LogP contribution in [0.4, 0.5) is 11.4 Å². The fourth-order valence-electron chi connectivity index (χ4n) is 7.47. The summed E-state index contributed by atoms with van der Waals surface area (Å²) in [5, 5.41) is 14.6. The predicted molar refractivity (Wildman–Crippen MR) is 175 cm³/mol. The van der Waals surface area contributed by atoms with Crippen LogP contribution in [0, 0.1) is 5.92 Å². The first-order valence-corrected chi connectivity index (χ1v) is 16.9. The monoisotopic (exact) mass is 636 g/mol. The number of nitrogens with zero attached hydrogens (tertiary/aromatic N) is 5. The van der Waals surface area contributed by atoms with Gasteiger partial charge >= 0.3 is 0 Å². The van der Waals surface area contributed by atoms with Crippen molar-refractivity contribution in [2.45, 2.75) is 75.4 Å². The second kappa shape index (κ2) is 11.9. The lowest BCUT2D eigenvalue weighted by Crippen LogP contribution is -2.54. The molecule has 244 valence electrons. The molecule has 2 saturated heterocycles. The summed E-state index contributed by atoms with van der Waals surface area (Å²) in [5.41, 5.74) is 5.73. The molecule has 47 heavy (non-hydrogen) atoms. The molecule has 1 aromatic carbocycles. The van der Waals surface area contributed by atoms with Crippen LogP contribution < -0.4 is 16.0 Å². The highest BCUT2D eigenvalue weighted by Gasteiger charge is 2.45. The minimum atomic E-state index is -0.966. The minimum absolute atomic E-state index is 0.0979. The van der Waals surface area contributed by atoms with Crippen LogP contribution in [0.15, 0.2) is 42.7 Å². The molecule has 5 aliphatic rings. The Labute approximate surface area is 273 Å². The Kier molecular flexibility index (Phi) is 7.54. The number of hydrogen-bond donors (Lipinski definition) is 3. The summed E-state index contributed by atoms with van der Waals surface area (Å²) in [5.74, 6) is -1.03. The maximum atomic E-state index is 13.2. The van der Waals surface area contributed by atoms with Gasteiger partial charge in [-0.25, -0.2) is 0 Å². The maximum Gasteiger partial charge on any atom is 0.262 e. The van der Waals surface area contributed by atoms with Crippen molar-refractivity contribution in [3.05, 3.63) is 59.5 Å². The zero-order valence-electron chi connectivity index (χ0n) is 26.6. The number of aromatic nitrogens is 3. The van der Waals surface area contributed by atoms with Crippen LogP contribution in [0.1, 0.15) is 89.7 Å². The summed E-state index contributed by atoms with van der Waals surface area (Å²) in [6, 6.07) is 9.11. The topological polar surface area (TPSA) is 142 Å². The number of benzene rings is 1. The van der Waals surface area contributed by atoms with E-state index in [2.05, 4.69) is 44.8 Å². The first kappa shape index (κ1) is 29.8. The summed E-state index contributed by atoms with van der Waals surface area (Å²) >= 11 is 0. The third-order valence-electron chi connectivity index (χ3n) is 10.5. The number of anilines is 2. The lowest BCUT2D eigenvalue weighted by molar-refractivity contribution is -0.136. The molecule has 0 spiro atoms. The molecule has 12 heteroatoms. The number of nitrogens with one attached hydrogen (secondary N) is 3. The van der Waals surface area contributed by atoms with Gasteiger partial charge < -0.3 is 15.5 Å². The van der Waals surface area contributed by atoms with Crippen LogP contribution in [-0.2, 0) is 9.59 Å². The third-order valence-corrected chi connectivity index (χ3v) is 10.5. The molecule has 3 aromatic rings. The van der Waals surface area contributed by atoms with E-state index in [0.29, 0.717) is 23.9 Å². The highest BCUT2D eigenvalue weighted by atomic mass is 16.2. The summed E-state index contributed by atoms with van der Waals surface area (Å²) in [6.45, 7) is 2.94. The average Bonchev–Trinajstić information content (AvgIpc) is 3.76. The van der Waals surface area contributed by atoms with Crippen molar-refractivity contribution in [3.63, 3.8) is 0 Å². The molecule has 2 saturated carbocycles. The molecule has 8 rings (SSSR count). The van der Waals surface area contributed by atoms with E-state index < -0.39 is 23.8 Å². The average molecular weight is 637 g/mol. The molecular formula is C35H40N8O4. The van der Waals surface area contributed by atoms with E-state index in [9.17, 15) is 19.2 Å². The van der Waals surface area contributed by atoms with Crippen LogP contribution in [0.3, 0.4) is 0 Å². The summed E-state index contributed by atoms with van der Waals surface area (Å²) < 4.78 is 2.16. The molecule has 3 N–H and O–H groups in total. The number of piperidine rings is 2. The van der Waals surface area contributed by atoms with Gasteiger partial charge in [0.25, 0.3) is 11.8 Å². The van der Waals surface area contributed by atoms with Gasteiger partial charge in [-0.2, -0.15) is 5.10 Å². The Balaban J connectivity index is 0.909. The lowest BCUT2D eigenvalue weighted by atomic mass is 9.80. The van der Waals surface area contributed by atoms with Gasteiger partial charge in [-0.15, -0.1) is 0 Å². The quantitative estimate of drug-likeness (QED) is 0.299. The van der Waals surface area contributed by atoms with Gasteiger partial charge in [0, 0.05) is 48.6 Å². The van der Waals surface area contributed by atoms with E-state index in [1.807, 2.05) is 12.3 Å². The molecule has 2 aliphatic carbocycles. The molecule has 5 heterocycles. The molecule has 0 radical (unpaired) electrons. The molecule has 12 nitrogen and oxygen atoms in total. The van der Waals surface area contributed by atoms with E-state index in [1.165, 1.54) is 18.5 Å². The van der Waals surface area contributed by atoms with Crippen molar-refractivity contribution in [2.75, 3.05) is 37.3 Å². The molecular weight excluding hydrogens is 596 g/mol. The van der Waals surface area contributed by atoms with Crippen molar-refractivity contribution in [2.24, 2.45) is 5.92 Å². The summed E-state index contributed by atoms with van der Waals surface area (Å²) in [6.07, 6.45) is 10.9. The van der Waals surface area contributed by atoms with Gasteiger partial charge in [-0.05, 0) is 101 Å². The Bertz CT molecular complexity index is 1750. The number of carbonyl (C=O) groups is 4. The highest BCUT2D eigenvalue weighted by molar-refractivity contribution is 6.23. The minimum Gasteiger partial charge on any atom is -0.385 e. The molecule has 0 bridgehead atoms. The van der Waals surface area contributed by atoms with Crippen molar-refractivity contribution in [1.82, 2.24) is 29.9 Å². The summed E-state index contributed by atoms with van der Waals surface area (Å²) in [4.78, 5) is 58.4. The second-order valence-electron chi connectivity index (χ2n) is 13.9. The van der Waals surface area contributed by atoms with Crippen LogP contribution in [0.25, 0.3) is 11.3 Å². The van der Waals surface area contributed by atoms with Gasteiger partial charge in [0.05, 0.1) is 34.2 Å². The normalized spacial score (nSPS) is 25.0. The van der Waals surface area contributed by atoms with Gasteiger partial charge in [-0.3, -0.25) is 39.1 Å². The largest absolute Gasteiger partial charge is 0.385 e. The number of imide groups is 2. The zero-order valence-corrected chi connectivity index (χ0v) is 26.6. The van der Waals surface area contributed by atoms with Gasteiger partial charge in [0.2, 0.25) is 11.8 Å². The number of rotatable bonds is 9. The van der Waals surface area contributed by atoms with Gasteiger partial charge in [0.1, 0.15) is 6.04 Å². The van der Waals surface area contributed by atoms with Crippen LogP contribution in [0.5, 0.6) is 0 Å². The molecule has 3 aliphatic heterocycles. The number of carbonyl (C=O) groups excluding carboxylic acids is 4. The lowest BCUT2D eigenvalue weighted by Gasteiger charge is -2.35. The van der Waals surface area contributed by atoms with E-state index in [-0.39, 0.29) is 29.9 Å². The van der Waals surface area contributed by atoms with Crippen LogP contribution >= 0.6 is 0 Å². The molecule has 1 atom stereocenters. The Morgan fingerprint density at radius 2 is 1.72 bits per heavy atom. The van der Waals surface area contributed by atoms with Crippen molar-refractivity contribution in [3.8, 4) is 11.3 Å². The van der Waals surface area contributed by atoms with Crippen molar-refractivity contribution in [1.29, 1.82) is 0 Å². The summed E-state index contributed by atoms with van der Waals surface area (Å²) in [7, 11) is 2.18. The SMILES string of the molecule is CN1CCC(Nc2cccnc2-c2cn([C@H]3C[C@H](CNc4ccc5c(c4)C(=O)N(C4CCC(=O)NC4=O)C5=O)C3)nc2C2CC2)CC1. The standard InChI is InChI=1S/C35H40N8O4/c1-41-13-10-22(11-14-41)38-28-3-2-12-36-32(28)27-19-42(40-31(27)21-4-5-21)24-15-20(16-24)18-37-23-6-7-25-26(17-23)35(47)43(34(25)46)29-8-9-30(44)39-33(29)45/h2-3,6-7,12,17,19-22,24,29,37-38H,4-5,8-11,13-16,18H2,1H3,(H,39,44,45)/t20-,24-,29?. The van der Waals surface area contributed by atoms with Crippen LogP contribution in [0.2, 0.25) is 0 Å². The Morgan fingerprint density at radius 3 is 2.49 bits per heavy atom.